The van der Waals surface area contributed by atoms with Crippen LogP contribution in [0.1, 0.15) is 25.8 Å². The fourth-order valence-corrected chi connectivity index (χ4v) is 1.73. The Labute approximate surface area is 117 Å². The molecule has 4 N–H and O–H groups in total. The van der Waals surface area contributed by atoms with E-state index in [4.69, 9.17) is 22.5 Å². The number of hydrogen-bond acceptors (Lipinski definition) is 3. The van der Waals surface area contributed by atoms with Crippen LogP contribution in [-0.2, 0) is 4.79 Å². The van der Waals surface area contributed by atoms with Crippen LogP contribution in [0.4, 0.5) is 5.69 Å². The molecule has 1 atom stereocenters. The van der Waals surface area contributed by atoms with Gasteiger partial charge in [0.05, 0.1) is 10.7 Å². The molecule has 1 aromatic rings. The van der Waals surface area contributed by atoms with Crippen LogP contribution in [-0.4, -0.2) is 17.0 Å². The van der Waals surface area contributed by atoms with Gasteiger partial charge in [-0.3, -0.25) is 4.79 Å². The number of aryl methyl sites for hydroxylation is 1. The van der Waals surface area contributed by atoms with E-state index in [1.807, 2.05) is 13.0 Å². The molecule has 1 amide bonds. The van der Waals surface area contributed by atoms with Crippen molar-refractivity contribution in [2.24, 2.45) is 16.3 Å². The number of nitrogens with one attached hydrogen (secondary N) is 1. The minimum atomic E-state index is -1.08. The second-order valence-corrected chi connectivity index (χ2v) is 5.02. The second-order valence-electron chi connectivity index (χ2n) is 4.61. The van der Waals surface area contributed by atoms with Gasteiger partial charge in [0.2, 0.25) is 5.91 Å². The van der Waals surface area contributed by atoms with Gasteiger partial charge in [-0.2, -0.15) is 0 Å². The molecule has 0 aliphatic heterocycles. The van der Waals surface area contributed by atoms with E-state index in [2.05, 4.69) is 10.5 Å². The van der Waals surface area contributed by atoms with Crippen LogP contribution in [0.15, 0.2) is 23.4 Å². The third-order valence-electron chi connectivity index (χ3n) is 3.25. The largest absolute Gasteiger partial charge is 0.409 e. The number of oxime groups is 1. The first kappa shape index (κ1) is 15.3. The Balaban J connectivity index is 3.04. The molecular formula is C13H18ClN3O2. The lowest BCUT2D eigenvalue weighted by Gasteiger charge is -2.25. The van der Waals surface area contributed by atoms with Gasteiger partial charge in [-0.1, -0.05) is 29.7 Å². The molecule has 6 heteroatoms. The topological polar surface area (TPSA) is 87.7 Å². The quantitative estimate of drug-likeness (QED) is 0.344. The summed E-state index contributed by atoms with van der Waals surface area (Å²) in [7, 11) is 0. The molecule has 0 radical (unpaired) electrons. The van der Waals surface area contributed by atoms with E-state index in [9.17, 15) is 4.79 Å². The van der Waals surface area contributed by atoms with Crippen molar-refractivity contribution in [1.82, 2.24) is 0 Å². The number of benzene rings is 1. The number of halogens is 1. The maximum Gasteiger partial charge on any atom is 0.238 e. The molecule has 0 spiro atoms. The van der Waals surface area contributed by atoms with E-state index >= 15 is 0 Å². The first-order chi connectivity index (χ1) is 8.85. The number of nitrogens with zero attached hydrogens (tertiary/aromatic N) is 1. The number of anilines is 1. The Kier molecular flexibility index (Phi) is 4.78. The van der Waals surface area contributed by atoms with Gasteiger partial charge in [0.1, 0.15) is 5.41 Å². The number of carbonyl (C=O) groups is 1. The Morgan fingerprint density at radius 1 is 1.58 bits per heavy atom. The van der Waals surface area contributed by atoms with Crippen molar-refractivity contribution in [3.8, 4) is 0 Å². The van der Waals surface area contributed by atoms with Crippen molar-refractivity contribution in [2.75, 3.05) is 5.32 Å². The van der Waals surface area contributed by atoms with Crippen LogP contribution in [0.2, 0.25) is 5.02 Å². The minimum absolute atomic E-state index is 0.128. The van der Waals surface area contributed by atoms with Crippen molar-refractivity contribution in [2.45, 2.75) is 27.2 Å². The van der Waals surface area contributed by atoms with Crippen LogP contribution in [0.25, 0.3) is 0 Å². The van der Waals surface area contributed by atoms with Crippen molar-refractivity contribution in [1.29, 1.82) is 0 Å². The molecule has 1 aromatic carbocycles. The fraction of sp³-hybridized carbons (Fsp3) is 0.385. The standard InChI is InChI=1S/C13H18ClN3O2/c1-4-13(3,11(15)17-19)12(18)16-10-7-8(2)5-6-9(10)14/h5-7,19H,4H2,1-3H3,(H2,15,17)(H,16,18). The van der Waals surface area contributed by atoms with E-state index < -0.39 is 5.41 Å². The van der Waals surface area contributed by atoms with Gasteiger partial charge < -0.3 is 16.3 Å². The van der Waals surface area contributed by atoms with Crippen LogP contribution >= 0.6 is 11.6 Å². The summed E-state index contributed by atoms with van der Waals surface area (Å²) in [6, 6.07) is 5.32. The molecular weight excluding hydrogens is 266 g/mol. The van der Waals surface area contributed by atoms with Crippen LogP contribution in [0.3, 0.4) is 0 Å². The van der Waals surface area contributed by atoms with Crippen molar-refractivity contribution >= 4 is 29.0 Å². The zero-order valence-electron chi connectivity index (χ0n) is 11.2. The number of carbonyl (C=O) groups excluding carboxylic acids is 1. The molecule has 1 rings (SSSR count). The molecule has 0 aliphatic carbocycles. The summed E-state index contributed by atoms with van der Waals surface area (Å²) in [5.74, 6) is -0.492. The number of hydrogen-bond donors (Lipinski definition) is 3. The minimum Gasteiger partial charge on any atom is -0.409 e. The third-order valence-corrected chi connectivity index (χ3v) is 3.58. The SMILES string of the molecule is CCC(C)(C(=O)Nc1cc(C)ccc1Cl)/C(N)=N/O. The maximum atomic E-state index is 12.3. The normalized spacial score (nSPS) is 14.8. The Bertz CT molecular complexity index is 517. The molecule has 5 nitrogen and oxygen atoms in total. The summed E-state index contributed by atoms with van der Waals surface area (Å²) in [5, 5.41) is 14.9. The average molecular weight is 284 g/mol. The van der Waals surface area contributed by atoms with Crippen LogP contribution in [0.5, 0.6) is 0 Å². The lowest BCUT2D eigenvalue weighted by Crippen LogP contribution is -2.44. The summed E-state index contributed by atoms with van der Waals surface area (Å²) in [6.07, 6.45) is 0.401. The van der Waals surface area contributed by atoms with E-state index in [-0.39, 0.29) is 11.7 Å². The van der Waals surface area contributed by atoms with Crippen molar-refractivity contribution in [3.63, 3.8) is 0 Å². The predicted molar refractivity (Wildman–Crippen MR) is 76.6 cm³/mol. The summed E-state index contributed by atoms with van der Waals surface area (Å²) >= 11 is 6.02. The summed E-state index contributed by atoms with van der Waals surface area (Å²) < 4.78 is 0. The van der Waals surface area contributed by atoms with E-state index in [1.165, 1.54) is 0 Å². The molecule has 0 aliphatic rings. The zero-order chi connectivity index (χ0) is 14.6. The molecule has 0 aromatic heterocycles. The van der Waals surface area contributed by atoms with Gasteiger partial charge in [-0.25, -0.2) is 0 Å². The highest BCUT2D eigenvalue weighted by Gasteiger charge is 2.36. The Morgan fingerprint density at radius 2 is 2.21 bits per heavy atom. The average Bonchev–Trinajstić information content (AvgIpc) is 2.40. The van der Waals surface area contributed by atoms with Gasteiger partial charge in [0.15, 0.2) is 5.84 Å². The van der Waals surface area contributed by atoms with Crippen LogP contribution in [0, 0.1) is 12.3 Å². The number of amides is 1. The molecule has 104 valence electrons. The molecule has 0 fully saturated rings. The first-order valence-electron chi connectivity index (χ1n) is 5.90. The summed E-state index contributed by atoms with van der Waals surface area (Å²) in [6.45, 7) is 5.30. The third kappa shape index (κ3) is 3.17. The van der Waals surface area contributed by atoms with Gasteiger partial charge in [0.25, 0.3) is 0 Å². The van der Waals surface area contributed by atoms with Crippen molar-refractivity contribution < 1.29 is 10.0 Å². The molecule has 0 bridgehead atoms. The molecule has 19 heavy (non-hydrogen) atoms. The van der Waals surface area contributed by atoms with Crippen molar-refractivity contribution in [3.05, 3.63) is 28.8 Å². The van der Waals surface area contributed by atoms with E-state index in [0.717, 1.165) is 5.56 Å². The Hall–Kier alpha value is -1.75. The van der Waals surface area contributed by atoms with Crippen LogP contribution < -0.4 is 11.1 Å². The predicted octanol–water partition coefficient (Wildman–Crippen LogP) is 2.75. The monoisotopic (exact) mass is 283 g/mol. The molecule has 0 heterocycles. The maximum absolute atomic E-state index is 12.3. The fourth-order valence-electron chi connectivity index (χ4n) is 1.56. The van der Waals surface area contributed by atoms with E-state index in [1.54, 1.807) is 26.0 Å². The highest BCUT2D eigenvalue weighted by atomic mass is 35.5. The van der Waals surface area contributed by atoms with Gasteiger partial charge in [0, 0.05) is 0 Å². The molecule has 0 saturated carbocycles. The second kappa shape index (κ2) is 5.93. The Morgan fingerprint density at radius 3 is 2.74 bits per heavy atom. The van der Waals surface area contributed by atoms with E-state index in [0.29, 0.717) is 17.1 Å². The van der Waals surface area contributed by atoms with Gasteiger partial charge in [-0.05, 0) is 38.0 Å². The van der Waals surface area contributed by atoms with Gasteiger partial charge in [-0.15, -0.1) is 0 Å². The lowest BCUT2D eigenvalue weighted by atomic mass is 9.85. The smallest absolute Gasteiger partial charge is 0.238 e. The zero-order valence-corrected chi connectivity index (χ0v) is 12.0. The highest BCUT2D eigenvalue weighted by molar-refractivity contribution is 6.34. The van der Waals surface area contributed by atoms with Gasteiger partial charge >= 0.3 is 0 Å². The highest BCUT2D eigenvalue weighted by Crippen LogP contribution is 2.27. The summed E-state index contributed by atoms with van der Waals surface area (Å²) in [4.78, 5) is 12.3. The first-order valence-corrected chi connectivity index (χ1v) is 6.28. The summed E-state index contributed by atoms with van der Waals surface area (Å²) in [5.41, 5.74) is 5.99. The number of nitrogens with two attached hydrogens (primary N) is 1. The molecule has 1 unspecified atom stereocenters. The number of amidine groups is 1. The molecule has 0 saturated heterocycles. The lowest BCUT2D eigenvalue weighted by molar-refractivity contribution is -0.121. The number of rotatable bonds is 4.